The van der Waals surface area contributed by atoms with E-state index in [2.05, 4.69) is 38.2 Å². The summed E-state index contributed by atoms with van der Waals surface area (Å²) in [4.78, 5) is 22.7. The Hall–Kier alpha value is -1.02. The molecule has 410 valence electrons. The number of nitrogens with two attached hydrogens (primary N) is 1. The van der Waals surface area contributed by atoms with Gasteiger partial charge in [0.25, 0.3) is 0 Å². The first-order chi connectivity index (χ1) is 33.9. The normalized spacial score (nSPS) is 13.3. The van der Waals surface area contributed by atoms with E-state index < -0.39 is 13.9 Å². The molecule has 8 nitrogen and oxygen atoms in total. The number of allylic oxidation sites excluding steroid dienone is 4. The van der Waals surface area contributed by atoms with Crippen LogP contribution in [0.3, 0.4) is 0 Å². The highest BCUT2D eigenvalue weighted by molar-refractivity contribution is 7.47. The van der Waals surface area contributed by atoms with Crippen LogP contribution in [0.15, 0.2) is 24.3 Å². The molecule has 0 amide bonds. The van der Waals surface area contributed by atoms with Crippen LogP contribution in [0, 0.1) is 0 Å². The van der Waals surface area contributed by atoms with Gasteiger partial charge in [-0.1, -0.05) is 289 Å². The Kier molecular flexibility index (Phi) is 57.0. The van der Waals surface area contributed by atoms with E-state index >= 15 is 0 Å². The van der Waals surface area contributed by atoms with Crippen molar-refractivity contribution < 1.29 is 32.8 Å². The lowest BCUT2D eigenvalue weighted by Gasteiger charge is -2.20. The van der Waals surface area contributed by atoms with Crippen LogP contribution in [0.1, 0.15) is 316 Å². The first-order valence-corrected chi connectivity index (χ1v) is 31.8. The zero-order chi connectivity index (χ0) is 50.1. The number of hydrogen-bond acceptors (Lipinski definition) is 7. The zero-order valence-electron chi connectivity index (χ0n) is 46.1. The number of ether oxygens (including phenoxy) is 2. The minimum Gasteiger partial charge on any atom is -0.457 e. The molecule has 0 rings (SSSR count). The summed E-state index contributed by atoms with van der Waals surface area (Å²) in [5.74, 6) is -0.323. The molecule has 0 saturated carbocycles. The van der Waals surface area contributed by atoms with Crippen molar-refractivity contribution in [1.29, 1.82) is 0 Å². The monoisotopic (exact) mass is 996 g/mol. The van der Waals surface area contributed by atoms with E-state index in [1.54, 1.807) is 0 Å². The largest absolute Gasteiger partial charge is 0.472 e. The van der Waals surface area contributed by atoms with Crippen molar-refractivity contribution in [3.63, 3.8) is 0 Å². The van der Waals surface area contributed by atoms with Gasteiger partial charge in [0, 0.05) is 19.6 Å². The Morgan fingerprint density at radius 1 is 0.435 bits per heavy atom. The molecule has 3 N–H and O–H groups in total. The number of phosphoric acid groups is 1. The van der Waals surface area contributed by atoms with Crippen LogP contribution < -0.4 is 5.73 Å². The lowest BCUT2D eigenvalue weighted by atomic mass is 10.0. The number of hydrogen-bond donors (Lipinski definition) is 2. The number of carbonyl (C=O) groups excluding carboxylic acids is 1. The van der Waals surface area contributed by atoms with Crippen molar-refractivity contribution in [1.82, 2.24) is 0 Å². The number of esters is 1. The number of carbonyl (C=O) groups is 1. The van der Waals surface area contributed by atoms with Gasteiger partial charge in [0.15, 0.2) is 0 Å². The van der Waals surface area contributed by atoms with Crippen molar-refractivity contribution in [2.45, 2.75) is 322 Å². The molecule has 69 heavy (non-hydrogen) atoms. The van der Waals surface area contributed by atoms with Gasteiger partial charge in [0.1, 0.15) is 6.10 Å². The summed E-state index contributed by atoms with van der Waals surface area (Å²) in [6.07, 6.45) is 69.6. The Labute approximate surface area is 429 Å². The van der Waals surface area contributed by atoms with Gasteiger partial charge in [-0.2, -0.15) is 0 Å². The van der Waals surface area contributed by atoms with Gasteiger partial charge in [-0.3, -0.25) is 13.8 Å². The van der Waals surface area contributed by atoms with Crippen LogP contribution in [0.5, 0.6) is 0 Å². The molecule has 2 unspecified atom stereocenters. The van der Waals surface area contributed by atoms with Crippen LogP contribution in [-0.2, 0) is 27.9 Å². The maximum atomic E-state index is 12.7. The number of unbranched alkanes of at least 4 members (excludes halogenated alkanes) is 42. The fourth-order valence-electron chi connectivity index (χ4n) is 9.15. The van der Waals surface area contributed by atoms with Crippen molar-refractivity contribution in [2.75, 3.05) is 33.0 Å². The summed E-state index contributed by atoms with van der Waals surface area (Å²) in [6.45, 7) is 4.99. The summed E-state index contributed by atoms with van der Waals surface area (Å²) in [6, 6.07) is 0. The van der Waals surface area contributed by atoms with Crippen molar-refractivity contribution >= 4 is 13.8 Å². The highest BCUT2D eigenvalue weighted by Crippen LogP contribution is 2.43. The predicted molar refractivity (Wildman–Crippen MR) is 298 cm³/mol. The topological polar surface area (TPSA) is 117 Å². The van der Waals surface area contributed by atoms with E-state index in [0.29, 0.717) is 13.0 Å². The molecule has 0 saturated heterocycles. The Bertz CT molecular complexity index is 1120. The van der Waals surface area contributed by atoms with Crippen molar-refractivity contribution in [3.8, 4) is 0 Å². The molecule has 0 aliphatic carbocycles. The molecule has 0 fully saturated rings. The molecule has 0 aromatic carbocycles. The number of phosphoric ester groups is 1. The maximum absolute atomic E-state index is 12.7. The molecule has 2 atom stereocenters. The lowest BCUT2D eigenvalue weighted by Crippen LogP contribution is -2.28. The minimum atomic E-state index is -4.28. The van der Waals surface area contributed by atoms with Gasteiger partial charge in [0.05, 0.1) is 19.8 Å². The first kappa shape index (κ1) is 68.0. The summed E-state index contributed by atoms with van der Waals surface area (Å²) in [5, 5.41) is 0. The molecule has 0 aromatic heterocycles. The number of rotatable bonds is 59. The Morgan fingerprint density at radius 2 is 0.768 bits per heavy atom. The molecular formula is C60H118NO7P. The van der Waals surface area contributed by atoms with Gasteiger partial charge in [-0.05, 0) is 44.9 Å². The third-order valence-corrected chi connectivity index (χ3v) is 14.6. The Morgan fingerprint density at radius 3 is 1.13 bits per heavy atom. The SMILES string of the molecule is CCCCCCC/C=C\C/C=C\CCCCCCCCCCCCCCCC(=O)OC(COCCCCCCCCCCCCCCCCCCCCCCCCCCC)COP(=O)(O)OCCN. The molecule has 0 aliphatic rings. The van der Waals surface area contributed by atoms with Gasteiger partial charge >= 0.3 is 13.8 Å². The average molecular weight is 997 g/mol. The van der Waals surface area contributed by atoms with Gasteiger partial charge in [-0.15, -0.1) is 0 Å². The molecule has 9 heteroatoms. The predicted octanol–water partition coefficient (Wildman–Crippen LogP) is 19.5. The second-order valence-corrected chi connectivity index (χ2v) is 22.0. The second-order valence-electron chi connectivity index (χ2n) is 20.6. The third-order valence-electron chi connectivity index (χ3n) is 13.6. The molecule has 0 aromatic rings. The zero-order valence-corrected chi connectivity index (χ0v) is 47.0. The van der Waals surface area contributed by atoms with E-state index in [1.807, 2.05) is 0 Å². The van der Waals surface area contributed by atoms with Gasteiger partial charge < -0.3 is 20.1 Å². The van der Waals surface area contributed by atoms with E-state index in [4.69, 9.17) is 24.3 Å². The standard InChI is InChI=1S/C60H118NO7P/c1-3-5-7-9-11-13-15-17-19-21-23-25-27-29-31-33-35-37-39-41-43-45-47-49-51-53-60(62)68-59(58-67-69(63,64)66-56-54-61)57-65-55-52-50-48-46-44-42-40-38-36-34-32-30-28-26-24-22-20-18-16-14-12-10-8-6-4-2/h15,17,21,23,59H,3-14,16,18-20,22,24-58,61H2,1-2H3,(H,63,64)/b17-15-,23-21-. The maximum Gasteiger partial charge on any atom is 0.472 e. The smallest absolute Gasteiger partial charge is 0.457 e. The van der Waals surface area contributed by atoms with E-state index in [1.165, 1.54) is 257 Å². The van der Waals surface area contributed by atoms with Gasteiger partial charge in [0.2, 0.25) is 0 Å². The Balaban J connectivity index is 3.82. The highest BCUT2D eigenvalue weighted by Gasteiger charge is 2.25. The molecule has 0 aliphatic heterocycles. The lowest BCUT2D eigenvalue weighted by molar-refractivity contribution is -0.154. The average Bonchev–Trinajstić information content (AvgIpc) is 3.34. The van der Waals surface area contributed by atoms with Crippen molar-refractivity contribution in [3.05, 3.63) is 24.3 Å². The molecule has 0 bridgehead atoms. The van der Waals surface area contributed by atoms with Crippen LogP contribution in [0.25, 0.3) is 0 Å². The fourth-order valence-corrected chi connectivity index (χ4v) is 9.92. The summed E-state index contributed by atoms with van der Waals surface area (Å²) in [7, 11) is -4.28. The van der Waals surface area contributed by atoms with Crippen LogP contribution in [0.4, 0.5) is 0 Å². The summed E-state index contributed by atoms with van der Waals surface area (Å²) < 4.78 is 33.7. The van der Waals surface area contributed by atoms with E-state index in [9.17, 15) is 14.3 Å². The molecular weight excluding hydrogens is 878 g/mol. The van der Waals surface area contributed by atoms with Crippen molar-refractivity contribution in [2.24, 2.45) is 5.73 Å². The molecule has 0 heterocycles. The summed E-state index contributed by atoms with van der Waals surface area (Å²) >= 11 is 0. The fraction of sp³-hybridized carbons (Fsp3) is 0.917. The molecule has 0 spiro atoms. The first-order valence-electron chi connectivity index (χ1n) is 30.3. The highest BCUT2D eigenvalue weighted by atomic mass is 31.2. The van der Waals surface area contributed by atoms with Gasteiger partial charge in [-0.25, -0.2) is 4.57 Å². The van der Waals surface area contributed by atoms with E-state index in [0.717, 1.165) is 38.5 Å². The summed E-state index contributed by atoms with van der Waals surface area (Å²) in [5.41, 5.74) is 5.41. The van der Waals surface area contributed by atoms with Crippen LogP contribution >= 0.6 is 7.82 Å². The second kappa shape index (κ2) is 57.9. The van der Waals surface area contributed by atoms with Crippen LogP contribution in [0.2, 0.25) is 0 Å². The molecule has 0 radical (unpaired) electrons. The minimum absolute atomic E-state index is 0.0924. The quantitative estimate of drug-likeness (QED) is 0.0268. The van der Waals surface area contributed by atoms with E-state index in [-0.39, 0.29) is 32.3 Å². The van der Waals surface area contributed by atoms with Crippen LogP contribution in [-0.4, -0.2) is 49.9 Å². The third kappa shape index (κ3) is 57.8.